The standard InChI is InChI=1S/C13H19N3O3S/c1-9(20-4)8-14-11-7-10(13(17)15(2)3)5-6-12(11)16(18)19/h5-7,9,14H,8H2,1-4H3. The molecule has 0 aromatic heterocycles. The number of nitrogens with zero attached hydrogens (tertiary/aromatic N) is 2. The summed E-state index contributed by atoms with van der Waals surface area (Å²) in [5, 5.41) is 14.4. The number of anilines is 1. The molecular formula is C13H19N3O3S. The number of carbonyl (C=O) groups is 1. The Morgan fingerprint density at radius 1 is 1.50 bits per heavy atom. The minimum atomic E-state index is -0.448. The summed E-state index contributed by atoms with van der Waals surface area (Å²) in [4.78, 5) is 23.9. The highest BCUT2D eigenvalue weighted by Gasteiger charge is 2.18. The molecule has 0 spiro atoms. The Kier molecular flexibility index (Phi) is 5.82. The third kappa shape index (κ3) is 4.12. The molecule has 0 saturated carbocycles. The molecule has 7 heteroatoms. The van der Waals surface area contributed by atoms with Gasteiger partial charge in [0.25, 0.3) is 11.6 Å². The average molecular weight is 297 g/mol. The Bertz CT molecular complexity index is 506. The summed E-state index contributed by atoms with van der Waals surface area (Å²) in [6.45, 7) is 2.62. The van der Waals surface area contributed by atoms with Crippen molar-refractivity contribution >= 4 is 29.0 Å². The van der Waals surface area contributed by atoms with E-state index in [-0.39, 0.29) is 11.6 Å². The van der Waals surface area contributed by atoms with Crippen LogP contribution in [0.2, 0.25) is 0 Å². The summed E-state index contributed by atoms with van der Waals surface area (Å²) in [7, 11) is 3.29. The van der Waals surface area contributed by atoms with Gasteiger partial charge in [0, 0.05) is 37.5 Å². The van der Waals surface area contributed by atoms with Gasteiger partial charge in [-0.15, -0.1) is 0 Å². The molecule has 0 aliphatic carbocycles. The van der Waals surface area contributed by atoms with E-state index in [0.29, 0.717) is 23.0 Å². The SMILES string of the molecule is CSC(C)CNc1cc(C(=O)N(C)C)ccc1[N+](=O)[O-]. The largest absolute Gasteiger partial charge is 0.378 e. The number of carbonyl (C=O) groups excluding carboxylic acids is 1. The van der Waals surface area contributed by atoms with Crippen LogP contribution in [0.25, 0.3) is 0 Å². The maximum Gasteiger partial charge on any atom is 0.292 e. The molecule has 0 saturated heterocycles. The predicted molar refractivity (Wildman–Crippen MR) is 82.6 cm³/mol. The highest BCUT2D eigenvalue weighted by molar-refractivity contribution is 7.99. The summed E-state index contributed by atoms with van der Waals surface area (Å²) in [6.07, 6.45) is 1.98. The number of hydrogen-bond acceptors (Lipinski definition) is 5. The molecule has 0 fully saturated rings. The van der Waals surface area contributed by atoms with E-state index in [1.165, 1.54) is 23.1 Å². The first-order chi connectivity index (χ1) is 9.36. The van der Waals surface area contributed by atoms with Crippen molar-refractivity contribution in [3.63, 3.8) is 0 Å². The smallest absolute Gasteiger partial charge is 0.292 e. The van der Waals surface area contributed by atoms with Crippen LogP contribution >= 0.6 is 11.8 Å². The van der Waals surface area contributed by atoms with Gasteiger partial charge in [0.15, 0.2) is 0 Å². The molecule has 1 unspecified atom stereocenters. The maximum absolute atomic E-state index is 11.9. The molecule has 6 nitrogen and oxygen atoms in total. The van der Waals surface area contributed by atoms with Crippen LogP contribution in [0.15, 0.2) is 18.2 Å². The zero-order chi connectivity index (χ0) is 15.3. The molecule has 1 N–H and O–H groups in total. The number of nitro benzene ring substituents is 1. The first kappa shape index (κ1) is 16.3. The van der Waals surface area contributed by atoms with Gasteiger partial charge in [-0.05, 0) is 18.4 Å². The lowest BCUT2D eigenvalue weighted by Gasteiger charge is -2.14. The van der Waals surface area contributed by atoms with Crippen molar-refractivity contribution in [2.45, 2.75) is 12.2 Å². The van der Waals surface area contributed by atoms with Crippen LogP contribution in [-0.4, -0.2) is 47.9 Å². The number of nitro groups is 1. The third-order valence-electron chi connectivity index (χ3n) is 2.83. The van der Waals surface area contributed by atoms with Crippen LogP contribution < -0.4 is 5.32 Å². The zero-order valence-electron chi connectivity index (χ0n) is 12.0. The molecule has 0 radical (unpaired) electrons. The lowest BCUT2D eigenvalue weighted by Crippen LogP contribution is -2.22. The Morgan fingerprint density at radius 2 is 2.15 bits per heavy atom. The Hall–Kier alpha value is -1.76. The molecular weight excluding hydrogens is 278 g/mol. The number of nitrogens with one attached hydrogen (secondary N) is 1. The monoisotopic (exact) mass is 297 g/mol. The topological polar surface area (TPSA) is 75.5 Å². The lowest BCUT2D eigenvalue weighted by atomic mass is 10.1. The third-order valence-corrected chi connectivity index (χ3v) is 3.80. The summed E-state index contributed by atoms with van der Waals surface area (Å²) >= 11 is 1.67. The predicted octanol–water partition coefficient (Wildman–Crippen LogP) is 2.46. The van der Waals surface area contributed by atoms with E-state index < -0.39 is 4.92 Å². The Morgan fingerprint density at radius 3 is 2.65 bits per heavy atom. The normalized spacial score (nSPS) is 11.8. The molecule has 1 amide bonds. The molecule has 0 aliphatic heterocycles. The van der Waals surface area contributed by atoms with Gasteiger partial charge in [-0.25, -0.2) is 0 Å². The van der Waals surface area contributed by atoms with E-state index in [1.807, 2.05) is 13.2 Å². The fourth-order valence-corrected chi connectivity index (χ4v) is 1.82. The van der Waals surface area contributed by atoms with Crippen molar-refractivity contribution in [2.75, 3.05) is 32.2 Å². The summed E-state index contributed by atoms with van der Waals surface area (Å²) in [6, 6.07) is 4.37. The van der Waals surface area contributed by atoms with Gasteiger partial charge in [0.05, 0.1) is 4.92 Å². The van der Waals surface area contributed by atoms with Crippen molar-refractivity contribution in [3.8, 4) is 0 Å². The number of amides is 1. The molecule has 0 aliphatic rings. The molecule has 0 bridgehead atoms. The van der Waals surface area contributed by atoms with Gasteiger partial charge < -0.3 is 10.2 Å². The molecule has 110 valence electrons. The number of hydrogen-bond donors (Lipinski definition) is 1. The van der Waals surface area contributed by atoms with Crippen LogP contribution in [-0.2, 0) is 0 Å². The Balaban J connectivity index is 3.06. The Labute approximate surface area is 122 Å². The van der Waals surface area contributed by atoms with Gasteiger partial charge in [-0.1, -0.05) is 6.92 Å². The molecule has 20 heavy (non-hydrogen) atoms. The van der Waals surface area contributed by atoms with Gasteiger partial charge >= 0.3 is 0 Å². The van der Waals surface area contributed by atoms with Crippen LogP contribution in [0.5, 0.6) is 0 Å². The minimum Gasteiger partial charge on any atom is -0.378 e. The van der Waals surface area contributed by atoms with Crippen molar-refractivity contribution in [1.29, 1.82) is 0 Å². The van der Waals surface area contributed by atoms with Crippen LogP contribution in [0.3, 0.4) is 0 Å². The van der Waals surface area contributed by atoms with E-state index in [0.717, 1.165) is 0 Å². The summed E-state index contributed by atoms with van der Waals surface area (Å²) < 4.78 is 0. The van der Waals surface area contributed by atoms with Crippen molar-refractivity contribution in [3.05, 3.63) is 33.9 Å². The number of thioether (sulfide) groups is 1. The van der Waals surface area contributed by atoms with E-state index in [4.69, 9.17) is 0 Å². The summed E-state index contributed by atoms with van der Waals surface area (Å²) in [5.41, 5.74) is 0.789. The van der Waals surface area contributed by atoms with E-state index >= 15 is 0 Å². The summed E-state index contributed by atoms with van der Waals surface area (Å²) in [5.74, 6) is -0.180. The quantitative estimate of drug-likeness (QED) is 0.645. The molecule has 0 heterocycles. The fourth-order valence-electron chi connectivity index (χ4n) is 1.57. The zero-order valence-corrected chi connectivity index (χ0v) is 12.9. The van der Waals surface area contributed by atoms with Crippen molar-refractivity contribution in [1.82, 2.24) is 4.90 Å². The maximum atomic E-state index is 11.9. The molecule has 1 atom stereocenters. The molecule has 1 rings (SSSR count). The second-order valence-electron chi connectivity index (χ2n) is 4.62. The first-order valence-electron chi connectivity index (χ1n) is 6.13. The van der Waals surface area contributed by atoms with E-state index in [2.05, 4.69) is 5.32 Å². The number of benzene rings is 1. The van der Waals surface area contributed by atoms with Crippen LogP contribution in [0.1, 0.15) is 17.3 Å². The van der Waals surface area contributed by atoms with Gasteiger partial charge in [-0.3, -0.25) is 14.9 Å². The minimum absolute atomic E-state index is 0.0198. The van der Waals surface area contributed by atoms with E-state index in [9.17, 15) is 14.9 Å². The highest BCUT2D eigenvalue weighted by atomic mass is 32.2. The fraction of sp³-hybridized carbons (Fsp3) is 0.462. The van der Waals surface area contributed by atoms with Crippen molar-refractivity contribution in [2.24, 2.45) is 0 Å². The van der Waals surface area contributed by atoms with Crippen molar-refractivity contribution < 1.29 is 9.72 Å². The lowest BCUT2D eigenvalue weighted by molar-refractivity contribution is -0.384. The second kappa shape index (κ2) is 7.14. The highest BCUT2D eigenvalue weighted by Crippen LogP contribution is 2.26. The van der Waals surface area contributed by atoms with Gasteiger partial charge in [-0.2, -0.15) is 11.8 Å². The number of rotatable bonds is 6. The van der Waals surface area contributed by atoms with Crippen LogP contribution in [0, 0.1) is 10.1 Å². The second-order valence-corrected chi connectivity index (χ2v) is 5.89. The van der Waals surface area contributed by atoms with Crippen LogP contribution in [0.4, 0.5) is 11.4 Å². The average Bonchev–Trinajstić information content (AvgIpc) is 2.43. The van der Waals surface area contributed by atoms with Gasteiger partial charge in [0.2, 0.25) is 0 Å². The molecule has 1 aromatic rings. The first-order valence-corrected chi connectivity index (χ1v) is 7.42. The van der Waals surface area contributed by atoms with Gasteiger partial charge in [0.1, 0.15) is 5.69 Å². The van der Waals surface area contributed by atoms with E-state index in [1.54, 1.807) is 25.9 Å². The molecule has 1 aromatic carbocycles.